The van der Waals surface area contributed by atoms with Crippen molar-refractivity contribution in [2.75, 3.05) is 37.8 Å². The van der Waals surface area contributed by atoms with E-state index in [1.54, 1.807) is 13.8 Å². The summed E-state index contributed by atoms with van der Waals surface area (Å²) in [5.74, 6) is -0.123. The van der Waals surface area contributed by atoms with Crippen LogP contribution in [-0.2, 0) is 14.3 Å². The number of anilines is 1. The molecule has 30 heavy (non-hydrogen) atoms. The summed E-state index contributed by atoms with van der Waals surface area (Å²) in [5, 5.41) is 0. The third kappa shape index (κ3) is 10.6. The third-order valence-corrected chi connectivity index (χ3v) is 4.92. The van der Waals surface area contributed by atoms with Gasteiger partial charge in [-0.1, -0.05) is 62.3 Å². The Morgan fingerprint density at radius 1 is 1.10 bits per heavy atom. The van der Waals surface area contributed by atoms with Gasteiger partial charge < -0.3 is 14.4 Å². The molecule has 0 saturated carbocycles. The van der Waals surface area contributed by atoms with Crippen molar-refractivity contribution < 1.29 is 14.3 Å². The van der Waals surface area contributed by atoms with Gasteiger partial charge in [-0.2, -0.15) is 0 Å². The molecule has 4 nitrogen and oxygen atoms in total. The maximum absolute atomic E-state index is 10.2. The van der Waals surface area contributed by atoms with E-state index in [1.807, 2.05) is 0 Å². The van der Waals surface area contributed by atoms with Crippen LogP contribution in [0.3, 0.4) is 0 Å². The van der Waals surface area contributed by atoms with Gasteiger partial charge in [0.1, 0.15) is 0 Å². The number of hydrogen-bond acceptors (Lipinski definition) is 4. The number of allylic oxidation sites excluding steroid dienone is 3. The SMILES string of the molecule is C=C1C=C(C)CC(C)(C)C1.CCOC(=O)CC.Cc1ccc(N2CCOCC2)cc1. The van der Waals surface area contributed by atoms with E-state index < -0.39 is 0 Å². The molecule has 1 aliphatic carbocycles. The lowest BCUT2D eigenvalue weighted by Gasteiger charge is -2.29. The molecular formula is C26H41NO3. The minimum atomic E-state index is -0.123. The summed E-state index contributed by atoms with van der Waals surface area (Å²) in [4.78, 5) is 12.6. The maximum atomic E-state index is 10.2. The number of nitrogens with zero attached hydrogens (tertiary/aromatic N) is 1. The molecule has 1 saturated heterocycles. The van der Waals surface area contributed by atoms with Crippen molar-refractivity contribution in [1.29, 1.82) is 0 Å². The van der Waals surface area contributed by atoms with Gasteiger partial charge >= 0.3 is 5.97 Å². The molecule has 0 spiro atoms. The third-order valence-electron chi connectivity index (χ3n) is 4.92. The van der Waals surface area contributed by atoms with E-state index in [4.69, 9.17) is 4.74 Å². The Labute approximate surface area is 183 Å². The van der Waals surface area contributed by atoms with Gasteiger partial charge in [0.25, 0.3) is 0 Å². The lowest BCUT2D eigenvalue weighted by molar-refractivity contribution is -0.142. The average Bonchev–Trinajstić information content (AvgIpc) is 2.68. The molecule has 2 aliphatic rings. The molecular weight excluding hydrogens is 374 g/mol. The Morgan fingerprint density at radius 2 is 1.70 bits per heavy atom. The van der Waals surface area contributed by atoms with Gasteiger partial charge in [-0.3, -0.25) is 4.79 Å². The van der Waals surface area contributed by atoms with E-state index in [-0.39, 0.29) is 5.97 Å². The highest BCUT2D eigenvalue weighted by molar-refractivity contribution is 5.68. The van der Waals surface area contributed by atoms with Crippen LogP contribution in [0.1, 0.15) is 59.4 Å². The van der Waals surface area contributed by atoms with Gasteiger partial charge in [0.15, 0.2) is 0 Å². The molecule has 0 aromatic heterocycles. The van der Waals surface area contributed by atoms with Crippen LogP contribution in [0.4, 0.5) is 5.69 Å². The average molecular weight is 416 g/mol. The van der Waals surface area contributed by atoms with Gasteiger partial charge in [0.05, 0.1) is 19.8 Å². The van der Waals surface area contributed by atoms with Crippen LogP contribution in [-0.4, -0.2) is 38.9 Å². The number of rotatable bonds is 3. The highest BCUT2D eigenvalue weighted by Gasteiger charge is 2.22. The first-order valence-corrected chi connectivity index (χ1v) is 11.1. The molecule has 1 heterocycles. The monoisotopic (exact) mass is 415 g/mol. The zero-order chi connectivity index (χ0) is 22.6. The van der Waals surface area contributed by atoms with Crippen molar-refractivity contribution in [2.45, 2.75) is 60.8 Å². The number of carbonyl (C=O) groups excluding carboxylic acids is 1. The predicted octanol–water partition coefficient (Wildman–Crippen LogP) is 6.10. The number of benzene rings is 1. The van der Waals surface area contributed by atoms with Crippen molar-refractivity contribution >= 4 is 11.7 Å². The van der Waals surface area contributed by atoms with Crippen LogP contribution in [0.25, 0.3) is 0 Å². The molecule has 1 fully saturated rings. The number of morpholine rings is 1. The number of aryl methyl sites for hydroxylation is 1. The number of hydrogen-bond donors (Lipinski definition) is 0. The van der Waals surface area contributed by atoms with Gasteiger partial charge in [0.2, 0.25) is 0 Å². The number of ether oxygens (including phenoxy) is 2. The zero-order valence-electron chi connectivity index (χ0n) is 19.9. The van der Waals surface area contributed by atoms with Crippen LogP contribution >= 0.6 is 0 Å². The van der Waals surface area contributed by atoms with E-state index >= 15 is 0 Å². The standard InChI is InChI=1S/C11H15NO.C10H16.C5H10O2/c1-10-2-4-11(5-3-10)12-6-8-13-9-7-12;1-8-5-9(2)7-10(3,4)6-8;1-3-5(6)7-4-2/h2-5H,6-9H2,1H3;5H,1,6-7H2,2-4H3;3-4H2,1-2H3. The Balaban J connectivity index is 0.000000238. The molecule has 1 aromatic rings. The van der Waals surface area contributed by atoms with Crippen LogP contribution in [0.15, 0.2) is 48.1 Å². The van der Waals surface area contributed by atoms with Crippen molar-refractivity contribution in [3.8, 4) is 0 Å². The van der Waals surface area contributed by atoms with Crippen LogP contribution in [0, 0.1) is 12.3 Å². The fourth-order valence-corrected chi connectivity index (χ4v) is 3.72. The molecule has 0 N–H and O–H groups in total. The molecule has 168 valence electrons. The van der Waals surface area contributed by atoms with Gasteiger partial charge in [0, 0.05) is 25.2 Å². The zero-order valence-corrected chi connectivity index (χ0v) is 19.9. The van der Waals surface area contributed by atoms with Crippen molar-refractivity contribution in [3.63, 3.8) is 0 Å². The summed E-state index contributed by atoms with van der Waals surface area (Å²) in [6.07, 6.45) is 5.08. The number of esters is 1. The maximum Gasteiger partial charge on any atom is 0.305 e. The smallest absolute Gasteiger partial charge is 0.305 e. The topological polar surface area (TPSA) is 38.8 Å². The van der Waals surface area contributed by atoms with Crippen LogP contribution in [0.5, 0.6) is 0 Å². The molecule has 0 bridgehead atoms. The minimum Gasteiger partial charge on any atom is -0.466 e. The second-order valence-corrected chi connectivity index (χ2v) is 8.76. The largest absolute Gasteiger partial charge is 0.466 e. The fraction of sp³-hybridized carbons (Fsp3) is 0.577. The normalized spacial score (nSPS) is 17.6. The molecule has 4 heteroatoms. The Bertz CT molecular complexity index is 683. The number of carbonyl (C=O) groups is 1. The molecule has 0 unspecified atom stereocenters. The second-order valence-electron chi connectivity index (χ2n) is 8.76. The molecule has 0 amide bonds. The lowest BCUT2D eigenvalue weighted by Crippen LogP contribution is -2.36. The van der Waals surface area contributed by atoms with E-state index in [0.717, 1.165) is 32.7 Å². The predicted molar refractivity (Wildman–Crippen MR) is 127 cm³/mol. The summed E-state index contributed by atoms with van der Waals surface area (Å²) < 4.78 is 9.86. The van der Waals surface area contributed by atoms with Crippen molar-refractivity contribution in [3.05, 3.63) is 53.6 Å². The Morgan fingerprint density at radius 3 is 2.13 bits per heavy atom. The van der Waals surface area contributed by atoms with Gasteiger partial charge in [-0.15, -0.1) is 0 Å². The highest BCUT2D eigenvalue weighted by atomic mass is 16.5. The molecule has 1 aliphatic heterocycles. The van der Waals surface area contributed by atoms with Crippen molar-refractivity contribution in [2.24, 2.45) is 5.41 Å². The van der Waals surface area contributed by atoms with E-state index in [2.05, 4.69) is 74.3 Å². The minimum absolute atomic E-state index is 0.123. The van der Waals surface area contributed by atoms with Crippen LogP contribution < -0.4 is 4.90 Å². The first-order chi connectivity index (χ1) is 14.2. The molecule has 0 radical (unpaired) electrons. The summed E-state index contributed by atoms with van der Waals surface area (Å²) in [7, 11) is 0. The van der Waals surface area contributed by atoms with E-state index in [1.165, 1.54) is 28.8 Å². The van der Waals surface area contributed by atoms with Gasteiger partial charge in [-0.05, 0) is 51.2 Å². The summed E-state index contributed by atoms with van der Waals surface area (Å²) in [5.41, 5.74) is 5.84. The van der Waals surface area contributed by atoms with Crippen molar-refractivity contribution in [1.82, 2.24) is 0 Å². The summed E-state index contributed by atoms with van der Waals surface area (Å²) in [6, 6.07) is 8.68. The van der Waals surface area contributed by atoms with Gasteiger partial charge in [-0.25, -0.2) is 0 Å². The van der Waals surface area contributed by atoms with Crippen LogP contribution in [0.2, 0.25) is 0 Å². The highest BCUT2D eigenvalue weighted by Crippen LogP contribution is 2.36. The molecule has 1 aromatic carbocycles. The lowest BCUT2D eigenvalue weighted by atomic mass is 9.76. The summed E-state index contributed by atoms with van der Waals surface area (Å²) >= 11 is 0. The molecule has 0 atom stereocenters. The fourth-order valence-electron chi connectivity index (χ4n) is 3.72. The first kappa shape index (κ1) is 26.0. The first-order valence-electron chi connectivity index (χ1n) is 11.1. The Hall–Kier alpha value is -2.07. The van der Waals surface area contributed by atoms with E-state index in [9.17, 15) is 4.79 Å². The Kier molecular flexibility index (Phi) is 11.5. The molecule has 3 rings (SSSR count). The summed E-state index contributed by atoms with van der Waals surface area (Å²) in [6.45, 7) is 20.7. The second kappa shape index (κ2) is 13.3. The van der Waals surface area contributed by atoms with E-state index in [0.29, 0.717) is 18.4 Å². The quantitative estimate of drug-likeness (QED) is 0.559.